The van der Waals surface area contributed by atoms with Crippen molar-refractivity contribution in [2.45, 2.75) is 38.6 Å². The van der Waals surface area contributed by atoms with Crippen molar-refractivity contribution in [2.75, 3.05) is 16.8 Å². The number of rotatable bonds is 2. The summed E-state index contributed by atoms with van der Waals surface area (Å²) in [5, 5.41) is 2.52. The molecule has 166 valence electrons. The van der Waals surface area contributed by atoms with Gasteiger partial charge in [-0.3, -0.25) is 19.8 Å². The van der Waals surface area contributed by atoms with Crippen molar-refractivity contribution in [3.8, 4) is 0 Å². The van der Waals surface area contributed by atoms with Gasteiger partial charge in [-0.05, 0) is 80.4 Å². The summed E-state index contributed by atoms with van der Waals surface area (Å²) in [5.41, 5.74) is 2.24. The van der Waals surface area contributed by atoms with E-state index in [2.05, 4.69) is 46.9 Å². The highest BCUT2D eigenvalue weighted by Gasteiger charge is 2.37. The van der Waals surface area contributed by atoms with Gasteiger partial charge in [0.25, 0.3) is 11.8 Å². The standard InChI is InChI=1S/C24H23BrFN3O2S/c1-13-12-24(2,3)28(4)20-11-19(26)14(8-17(13)20)9-18-21(30)27-23(32)29(22(18)31)16-7-5-6-15(25)10-16/h5-11,13H,12H2,1-4H3,(H,27,30,32)/b18-9-. The average Bonchev–Trinajstić information content (AvgIpc) is 2.69. The molecule has 1 fully saturated rings. The molecule has 2 heterocycles. The lowest BCUT2D eigenvalue weighted by molar-refractivity contribution is -0.122. The molecule has 1 saturated heterocycles. The van der Waals surface area contributed by atoms with Crippen LogP contribution in [0.25, 0.3) is 6.08 Å². The molecule has 2 aliphatic heterocycles. The molecule has 0 spiro atoms. The van der Waals surface area contributed by atoms with Gasteiger partial charge in [-0.15, -0.1) is 0 Å². The minimum atomic E-state index is -0.644. The second-order valence-electron chi connectivity index (χ2n) is 8.85. The van der Waals surface area contributed by atoms with Crippen molar-refractivity contribution in [2.24, 2.45) is 0 Å². The molecule has 0 aromatic heterocycles. The lowest BCUT2D eigenvalue weighted by Crippen LogP contribution is -2.54. The largest absolute Gasteiger partial charge is 0.369 e. The van der Waals surface area contributed by atoms with Gasteiger partial charge >= 0.3 is 0 Å². The number of thiocarbonyl (C=S) groups is 1. The van der Waals surface area contributed by atoms with Gasteiger partial charge in [-0.25, -0.2) is 4.39 Å². The van der Waals surface area contributed by atoms with E-state index in [-0.39, 0.29) is 27.7 Å². The SMILES string of the molecule is CC1CC(C)(C)N(C)c2cc(F)c(/C=C3/C(=O)NC(=S)N(c4cccc(Br)c4)C3=O)cc21. The number of anilines is 2. The molecular formula is C24H23BrFN3O2S. The number of benzene rings is 2. The quantitative estimate of drug-likeness (QED) is 0.341. The summed E-state index contributed by atoms with van der Waals surface area (Å²) in [5.74, 6) is -1.53. The molecule has 1 unspecified atom stereocenters. The number of hydrogen-bond donors (Lipinski definition) is 1. The fourth-order valence-electron chi connectivity index (χ4n) is 4.38. The van der Waals surface area contributed by atoms with Gasteiger partial charge in [0.15, 0.2) is 5.11 Å². The topological polar surface area (TPSA) is 52.7 Å². The molecule has 0 bridgehead atoms. The van der Waals surface area contributed by atoms with Crippen LogP contribution in [-0.2, 0) is 9.59 Å². The van der Waals surface area contributed by atoms with Gasteiger partial charge in [-0.2, -0.15) is 0 Å². The van der Waals surface area contributed by atoms with Crippen molar-refractivity contribution in [1.82, 2.24) is 5.32 Å². The molecule has 0 radical (unpaired) electrons. The van der Waals surface area contributed by atoms with Crippen molar-refractivity contribution >= 4 is 62.5 Å². The van der Waals surface area contributed by atoms with Crippen LogP contribution in [0.2, 0.25) is 0 Å². The van der Waals surface area contributed by atoms with E-state index in [9.17, 15) is 9.59 Å². The molecular weight excluding hydrogens is 493 g/mol. The summed E-state index contributed by atoms with van der Waals surface area (Å²) in [6.45, 7) is 6.36. The summed E-state index contributed by atoms with van der Waals surface area (Å²) < 4.78 is 15.9. The Morgan fingerprint density at radius 3 is 2.66 bits per heavy atom. The zero-order chi connectivity index (χ0) is 23.4. The number of nitrogens with one attached hydrogen (secondary N) is 1. The minimum absolute atomic E-state index is 0.0151. The van der Waals surface area contributed by atoms with Gasteiger partial charge in [0, 0.05) is 28.3 Å². The first-order valence-electron chi connectivity index (χ1n) is 10.2. The van der Waals surface area contributed by atoms with Crippen LogP contribution in [0.5, 0.6) is 0 Å². The van der Waals surface area contributed by atoms with Gasteiger partial charge < -0.3 is 4.90 Å². The minimum Gasteiger partial charge on any atom is -0.369 e. The summed E-state index contributed by atoms with van der Waals surface area (Å²) in [4.78, 5) is 29.2. The summed E-state index contributed by atoms with van der Waals surface area (Å²) in [7, 11) is 1.96. The monoisotopic (exact) mass is 515 g/mol. The second-order valence-corrected chi connectivity index (χ2v) is 10.1. The lowest BCUT2D eigenvalue weighted by atomic mass is 9.80. The van der Waals surface area contributed by atoms with E-state index < -0.39 is 17.6 Å². The Labute approximate surface area is 200 Å². The van der Waals surface area contributed by atoms with Crippen molar-refractivity contribution in [3.05, 3.63) is 63.4 Å². The highest BCUT2D eigenvalue weighted by Crippen LogP contribution is 2.43. The van der Waals surface area contributed by atoms with E-state index in [4.69, 9.17) is 12.2 Å². The Morgan fingerprint density at radius 1 is 1.25 bits per heavy atom. The van der Waals surface area contributed by atoms with Gasteiger partial charge in [0.2, 0.25) is 0 Å². The molecule has 2 aromatic carbocycles. The maximum atomic E-state index is 15.1. The number of halogens is 2. The zero-order valence-corrected chi connectivity index (χ0v) is 20.6. The van der Waals surface area contributed by atoms with E-state index in [0.717, 1.165) is 22.1 Å². The van der Waals surface area contributed by atoms with Crippen LogP contribution in [0.3, 0.4) is 0 Å². The third kappa shape index (κ3) is 3.86. The van der Waals surface area contributed by atoms with Crippen LogP contribution in [-0.4, -0.2) is 29.5 Å². The first kappa shape index (κ1) is 22.6. The van der Waals surface area contributed by atoms with Crippen LogP contribution < -0.4 is 15.1 Å². The second kappa shape index (κ2) is 8.08. The number of carbonyl (C=O) groups is 2. The summed E-state index contributed by atoms with van der Waals surface area (Å²) in [6, 6.07) is 10.2. The fourth-order valence-corrected chi connectivity index (χ4v) is 5.05. The first-order valence-corrected chi connectivity index (χ1v) is 11.4. The maximum absolute atomic E-state index is 15.1. The fraction of sp³-hybridized carbons (Fsp3) is 0.292. The number of fused-ring (bicyclic) bond motifs is 1. The van der Waals surface area contributed by atoms with Crippen LogP contribution >= 0.6 is 28.1 Å². The van der Waals surface area contributed by atoms with Gasteiger partial charge in [-0.1, -0.05) is 28.9 Å². The van der Waals surface area contributed by atoms with E-state index in [0.29, 0.717) is 5.69 Å². The average molecular weight is 516 g/mol. The molecule has 2 aromatic rings. The van der Waals surface area contributed by atoms with E-state index in [1.807, 2.05) is 13.1 Å². The van der Waals surface area contributed by atoms with Gasteiger partial charge in [0.1, 0.15) is 11.4 Å². The van der Waals surface area contributed by atoms with E-state index in [1.165, 1.54) is 17.0 Å². The normalized spacial score (nSPS) is 21.6. The summed E-state index contributed by atoms with van der Waals surface area (Å²) >= 11 is 8.61. The predicted molar refractivity (Wildman–Crippen MR) is 132 cm³/mol. The lowest BCUT2D eigenvalue weighted by Gasteiger charge is -2.45. The number of nitrogens with zero attached hydrogens (tertiary/aromatic N) is 2. The smallest absolute Gasteiger partial charge is 0.270 e. The van der Waals surface area contributed by atoms with E-state index >= 15 is 4.39 Å². The van der Waals surface area contributed by atoms with Crippen LogP contribution in [0, 0.1) is 5.82 Å². The molecule has 0 saturated carbocycles. The Bertz CT molecular complexity index is 1190. The predicted octanol–water partition coefficient (Wildman–Crippen LogP) is 5.14. The molecule has 32 heavy (non-hydrogen) atoms. The Balaban J connectivity index is 1.78. The Kier molecular flexibility index (Phi) is 5.71. The van der Waals surface area contributed by atoms with Crippen LogP contribution in [0.15, 0.2) is 46.4 Å². The zero-order valence-electron chi connectivity index (χ0n) is 18.2. The Morgan fingerprint density at radius 2 is 1.97 bits per heavy atom. The molecule has 1 atom stereocenters. The molecule has 4 rings (SSSR count). The summed E-state index contributed by atoms with van der Waals surface area (Å²) in [6.07, 6.45) is 2.22. The highest BCUT2D eigenvalue weighted by atomic mass is 79.9. The van der Waals surface area contributed by atoms with Gasteiger partial charge in [0.05, 0.1) is 5.69 Å². The van der Waals surface area contributed by atoms with Crippen molar-refractivity contribution in [1.29, 1.82) is 0 Å². The number of amides is 2. The highest BCUT2D eigenvalue weighted by molar-refractivity contribution is 9.10. The van der Waals surface area contributed by atoms with Crippen molar-refractivity contribution in [3.63, 3.8) is 0 Å². The maximum Gasteiger partial charge on any atom is 0.270 e. The molecule has 0 aliphatic carbocycles. The van der Waals surface area contributed by atoms with Crippen LogP contribution in [0.1, 0.15) is 44.2 Å². The number of hydrogen-bond acceptors (Lipinski definition) is 4. The molecule has 5 nitrogen and oxygen atoms in total. The molecule has 2 amide bonds. The van der Waals surface area contributed by atoms with Crippen molar-refractivity contribution < 1.29 is 14.0 Å². The first-order chi connectivity index (χ1) is 15.0. The third-order valence-corrected chi connectivity index (χ3v) is 7.00. The number of carbonyl (C=O) groups excluding carboxylic acids is 2. The van der Waals surface area contributed by atoms with E-state index in [1.54, 1.807) is 24.3 Å². The third-order valence-electron chi connectivity index (χ3n) is 6.22. The molecule has 8 heteroatoms. The van der Waals surface area contributed by atoms with Crippen LogP contribution in [0.4, 0.5) is 15.8 Å². The molecule has 1 N–H and O–H groups in total. The molecule has 2 aliphatic rings. The Hall–Kier alpha value is -2.58.